The van der Waals surface area contributed by atoms with Crippen LogP contribution >= 0.6 is 0 Å². The molecule has 1 heterocycles. The Morgan fingerprint density at radius 1 is 0.520 bits per heavy atom. The van der Waals surface area contributed by atoms with Crippen LogP contribution in [0.25, 0.3) is 76.9 Å². The fourth-order valence-electron chi connectivity index (χ4n) is 7.55. The van der Waals surface area contributed by atoms with Crippen LogP contribution in [0.5, 0.6) is 0 Å². The summed E-state index contributed by atoms with van der Waals surface area (Å²) >= 11 is 0. The van der Waals surface area contributed by atoms with E-state index in [1.54, 1.807) is 4.90 Å². The van der Waals surface area contributed by atoms with Crippen LogP contribution in [0.3, 0.4) is 0 Å². The van der Waals surface area contributed by atoms with Crippen molar-refractivity contribution in [3.8, 4) is 33.4 Å². The highest BCUT2D eigenvalue weighted by molar-refractivity contribution is 6.13. The van der Waals surface area contributed by atoms with E-state index in [0.29, 0.717) is 22.5 Å². The second-order valence-electron chi connectivity index (χ2n) is 14.3. The predicted molar refractivity (Wildman–Crippen MR) is 212 cm³/mol. The molecule has 0 bridgehead atoms. The van der Waals surface area contributed by atoms with Crippen molar-refractivity contribution in [1.29, 1.82) is 0 Å². The van der Waals surface area contributed by atoms with Gasteiger partial charge in [0.25, 0.3) is 0 Å². The maximum atomic E-state index is 9.02. The Bertz CT molecular complexity index is 3050. The summed E-state index contributed by atoms with van der Waals surface area (Å²) in [7, 11) is 0. The molecule has 0 unspecified atom stereocenters. The lowest BCUT2D eigenvalue weighted by Crippen LogP contribution is -2.10. The number of rotatable bonds is 4. The molecule has 1 aliphatic carbocycles. The molecule has 0 radical (unpaired) electrons. The molecule has 0 fully saturated rings. The van der Waals surface area contributed by atoms with E-state index in [-0.39, 0.29) is 23.2 Å². The van der Waals surface area contributed by atoms with Crippen LogP contribution in [-0.4, -0.2) is 0 Å². The molecule has 2 nitrogen and oxygen atoms in total. The molecule has 9 aromatic rings. The van der Waals surface area contributed by atoms with Gasteiger partial charge in [0.15, 0.2) is 5.58 Å². The number of benzene rings is 8. The largest absolute Gasteiger partial charge is 0.454 e. The maximum absolute atomic E-state index is 9.02. The molecule has 0 N–H and O–H groups in total. The van der Waals surface area contributed by atoms with Gasteiger partial charge in [-0.15, -0.1) is 0 Å². The van der Waals surface area contributed by atoms with Crippen molar-refractivity contribution in [2.24, 2.45) is 0 Å². The molecule has 1 aliphatic rings. The van der Waals surface area contributed by atoms with E-state index in [2.05, 4.69) is 87.5 Å². The second kappa shape index (κ2) is 10.7. The first-order valence-electron chi connectivity index (χ1n) is 19.5. The highest BCUT2D eigenvalue weighted by Crippen LogP contribution is 2.51. The first-order chi connectivity index (χ1) is 26.5. The van der Waals surface area contributed by atoms with Gasteiger partial charge in [-0.2, -0.15) is 0 Å². The van der Waals surface area contributed by atoms with Gasteiger partial charge in [0.05, 0.1) is 12.5 Å². The summed E-state index contributed by atoms with van der Waals surface area (Å²) in [4.78, 5) is 1.75. The molecular weight excluding hydrogens is 607 g/mol. The van der Waals surface area contributed by atoms with Gasteiger partial charge in [-0.1, -0.05) is 112 Å². The summed E-state index contributed by atoms with van der Waals surface area (Å²) in [5, 5.41) is 6.22. The van der Waals surface area contributed by atoms with Crippen LogP contribution in [0.15, 0.2) is 162 Å². The van der Waals surface area contributed by atoms with Gasteiger partial charge in [-0.05, 0) is 133 Å². The van der Waals surface area contributed by atoms with Crippen molar-refractivity contribution in [2.45, 2.75) is 26.2 Å². The third-order valence-corrected chi connectivity index (χ3v) is 10.2. The Morgan fingerprint density at radius 2 is 1.14 bits per heavy atom. The summed E-state index contributed by atoms with van der Waals surface area (Å²) in [5.74, 6) is 0. The van der Waals surface area contributed by atoms with Crippen molar-refractivity contribution in [3.63, 3.8) is 0 Å². The molecule has 0 aliphatic heterocycles. The molecule has 0 amide bonds. The van der Waals surface area contributed by atoms with Crippen LogP contribution in [0.4, 0.5) is 17.1 Å². The molecule has 238 valence electrons. The van der Waals surface area contributed by atoms with Crippen LogP contribution in [0, 0.1) is 0 Å². The van der Waals surface area contributed by atoms with Crippen molar-refractivity contribution in [3.05, 3.63) is 163 Å². The molecule has 0 saturated heterocycles. The molecule has 10 rings (SSSR count). The fraction of sp³-hybridized carbons (Fsp3) is 0.0833. The van der Waals surface area contributed by atoms with Crippen molar-refractivity contribution in [2.75, 3.05) is 4.90 Å². The molecule has 8 aromatic carbocycles. The number of nitrogens with zero attached hydrogens (tertiary/aromatic N) is 1. The van der Waals surface area contributed by atoms with E-state index in [4.69, 9.17) is 11.3 Å². The summed E-state index contributed by atoms with van der Waals surface area (Å²) in [6.07, 6.45) is 0. The average Bonchev–Trinajstić information content (AvgIpc) is 3.58. The van der Waals surface area contributed by atoms with E-state index in [1.807, 2.05) is 60.7 Å². The van der Waals surface area contributed by atoms with E-state index < -0.39 is 18.1 Å². The number of hydrogen-bond acceptors (Lipinski definition) is 2. The number of para-hydroxylation sites is 3. The average molecular weight is 647 g/mol. The molecule has 2 heteroatoms. The molecular formula is C48H35NO. The lowest BCUT2D eigenvalue weighted by Gasteiger charge is -2.28. The minimum atomic E-state index is -0.435. The van der Waals surface area contributed by atoms with Gasteiger partial charge in [0.2, 0.25) is 0 Å². The van der Waals surface area contributed by atoms with E-state index >= 15 is 0 Å². The van der Waals surface area contributed by atoms with Crippen LogP contribution in [0.1, 0.15) is 33.2 Å². The molecule has 50 heavy (non-hydrogen) atoms. The first-order valence-corrected chi connectivity index (χ1v) is 17.0. The molecule has 0 atom stereocenters. The van der Waals surface area contributed by atoms with Crippen LogP contribution < -0.4 is 4.90 Å². The quantitative estimate of drug-likeness (QED) is 0.189. The van der Waals surface area contributed by atoms with Crippen molar-refractivity contribution < 1.29 is 11.3 Å². The number of hydrogen-bond donors (Lipinski definition) is 0. The molecule has 0 spiro atoms. The zero-order valence-corrected chi connectivity index (χ0v) is 28.0. The van der Waals surface area contributed by atoms with Gasteiger partial charge in [0, 0.05) is 22.1 Å². The van der Waals surface area contributed by atoms with Gasteiger partial charge < -0.3 is 9.32 Å². The van der Waals surface area contributed by atoms with Crippen LogP contribution in [-0.2, 0) is 5.41 Å². The highest BCUT2D eigenvalue weighted by Gasteiger charge is 2.25. The Balaban J connectivity index is 1.11. The second-order valence-corrected chi connectivity index (χ2v) is 14.3. The topological polar surface area (TPSA) is 16.4 Å². The Labute approximate surface area is 298 Å². The number of fused-ring (bicyclic) bond motifs is 9. The van der Waals surface area contributed by atoms with Crippen LogP contribution in [0.2, 0.25) is 0 Å². The van der Waals surface area contributed by atoms with Gasteiger partial charge in [-0.25, -0.2) is 0 Å². The Hall–Kier alpha value is -6.12. The Kier molecular flexibility index (Phi) is 5.15. The number of furan rings is 1. The predicted octanol–water partition coefficient (Wildman–Crippen LogP) is 14.0. The standard InChI is InChI=1S/C48H35NO/c1-48(2,3)36-21-18-30(19-22-36)31-16-17-32-26-41-42-27-33-20-23-38(25-35(33)29-44(42)43(41)28-34(32)24-31)49(37-10-5-4-6-11-37)45-14-9-13-40-39-12-7-8-15-46(39)50-47(40)45/h4-29H,1-3H3/i4D,5D,6D,10D,11D. The summed E-state index contributed by atoms with van der Waals surface area (Å²) < 4.78 is 49.9. The van der Waals surface area contributed by atoms with E-state index in [0.717, 1.165) is 27.1 Å². The van der Waals surface area contributed by atoms with Gasteiger partial charge in [0.1, 0.15) is 5.58 Å². The normalized spacial score (nSPS) is 13.7. The zero-order valence-electron chi connectivity index (χ0n) is 33.0. The van der Waals surface area contributed by atoms with Crippen molar-refractivity contribution >= 4 is 60.5 Å². The monoisotopic (exact) mass is 646 g/mol. The summed E-state index contributed by atoms with van der Waals surface area (Å²) in [6.45, 7) is 6.70. The third-order valence-electron chi connectivity index (χ3n) is 10.2. The maximum Gasteiger partial charge on any atom is 0.159 e. The zero-order chi connectivity index (χ0) is 37.9. The van der Waals surface area contributed by atoms with Crippen molar-refractivity contribution in [1.82, 2.24) is 0 Å². The van der Waals surface area contributed by atoms with Gasteiger partial charge in [-0.3, -0.25) is 0 Å². The van der Waals surface area contributed by atoms with E-state index in [1.165, 1.54) is 44.2 Å². The highest BCUT2D eigenvalue weighted by atomic mass is 16.3. The Morgan fingerprint density at radius 3 is 1.86 bits per heavy atom. The van der Waals surface area contributed by atoms with Gasteiger partial charge >= 0.3 is 0 Å². The number of anilines is 3. The summed E-state index contributed by atoms with van der Waals surface area (Å²) in [5.41, 5.74) is 11.1. The SMILES string of the molecule is [2H]c1c([2H])c([2H])c(N(c2ccc3cc4c(cc3c2)-c2cc3cc(-c5ccc(C(C)(C)C)cc5)ccc3cc2-4)c2cccc3c2oc2ccccc23)c([2H])c1[2H]. The molecule has 1 aromatic heterocycles. The first kappa shape index (κ1) is 24.1. The lowest BCUT2D eigenvalue weighted by molar-refractivity contribution is 0.590. The minimum Gasteiger partial charge on any atom is -0.454 e. The minimum absolute atomic E-state index is 0.0582. The smallest absolute Gasteiger partial charge is 0.159 e. The lowest BCUT2D eigenvalue weighted by atomic mass is 9.77. The fourth-order valence-corrected chi connectivity index (χ4v) is 7.55. The molecule has 0 saturated carbocycles. The summed E-state index contributed by atoms with van der Waals surface area (Å²) in [6, 6.07) is 42.4. The van der Waals surface area contributed by atoms with E-state index in [9.17, 15) is 0 Å². The third kappa shape index (κ3) is 4.49.